The van der Waals surface area contributed by atoms with E-state index in [1.807, 2.05) is 49.6 Å². The summed E-state index contributed by atoms with van der Waals surface area (Å²) in [6.45, 7) is 6.39. The highest BCUT2D eigenvalue weighted by Gasteiger charge is 2.38. The number of nitrogens with one attached hydrogen (secondary N) is 1. The molecule has 0 unspecified atom stereocenters. The predicted octanol–water partition coefficient (Wildman–Crippen LogP) is 2.66. The van der Waals surface area contributed by atoms with Crippen LogP contribution in [0.15, 0.2) is 35.0 Å². The zero-order chi connectivity index (χ0) is 20.1. The van der Waals surface area contributed by atoms with Crippen LogP contribution in [0.4, 0.5) is 0 Å². The summed E-state index contributed by atoms with van der Waals surface area (Å²) in [5.41, 5.74) is 4.55. The Morgan fingerprint density at radius 2 is 2.17 bits per heavy atom. The van der Waals surface area contributed by atoms with Crippen LogP contribution < -0.4 is 0 Å². The summed E-state index contributed by atoms with van der Waals surface area (Å²) in [4.78, 5) is 22.7. The maximum absolute atomic E-state index is 13.3. The smallest absolute Gasteiger partial charge is 0.312 e. The Morgan fingerprint density at radius 1 is 1.31 bits per heavy atom. The van der Waals surface area contributed by atoms with Crippen molar-refractivity contribution in [2.45, 2.75) is 39.2 Å². The lowest BCUT2D eigenvalue weighted by Crippen LogP contribution is -2.41. The van der Waals surface area contributed by atoms with Gasteiger partial charge in [-0.3, -0.25) is 4.79 Å². The van der Waals surface area contributed by atoms with Gasteiger partial charge in [0.05, 0.1) is 23.2 Å². The highest BCUT2D eigenvalue weighted by molar-refractivity contribution is 5.90. The molecule has 5 rings (SSSR count). The summed E-state index contributed by atoms with van der Waals surface area (Å²) in [6, 6.07) is 7.56. The van der Waals surface area contributed by atoms with Crippen LogP contribution in [0.1, 0.15) is 65.2 Å². The number of carbonyl (C=O) groups is 1. The summed E-state index contributed by atoms with van der Waals surface area (Å²) in [5, 5.41) is 12.8. The summed E-state index contributed by atoms with van der Waals surface area (Å²) >= 11 is 0. The van der Waals surface area contributed by atoms with Gasteiger partial charge in [-0.1, -0.05) is 19.9 Å². The van der Waals surface area contributed by atoms with Crippen LogP contribution in [0.2, 0.25) is 0 Å². The fourth-order valence-corrected chi connectivity index (χ4v) is 3.78. The van der Waals surface area contributed by atoms with E-state index in [9.17, 15) is 4.79 Å². The maximum Gasteiger partial charge on any atom is 0.312 e. The second-order valence-electron chi connectivity index (χ2n) is 7.59. The monoisotopic (exact) mass is 391 g/mol. The van der Waals surface area contributed by atoms with E-state index in [4.69, 9.17) is 9.52 Å². The van der Waals surface area contributed by atoms with Gasteiger partial charge in [0, 0.05) is 30.3 Å². The fraction of sp³-hybridized carbons (Fsp3) is 0.350. The van der Waals surface area contributed by atoms with Crippen molar-refractivity contribution < 1.29 is 9.21 Å². The highest BCUT2D eigenvalue weighted by atomic mass is 16.4. The van der Waals surface area contributed by atoms with Crippen molar-refractivity contribution in [2.24, 2.45) is 0 Å². The van der Waals surface area contributed by atoms with E-state index < -0.39 is 6.04 Å². The third-order valence-corrected chi connectivity index (χ3v) is 5.28. The Bertz CT molecular complexity index is 1200. The Kier molecular flexibility index (Phi) is 3.97. The van der Waals surface area contributed by atoms with Crippen molar-refractivity contribution in [1.29, 1.82) is 0 Å². The zero-order valence-corrected chi connectivity index (χ0v) is 16.5. The fourth-order valence-electron chi connectivity index (χ4n) is 3.78. The molecule has 29 heavy (non-hydrogen) atoms. The number of fused-ring (bicyclic) bond motifs is 2. The molecule has 4 aromatic rings. The molecular formula is C20H21N7O2. The van der Waals surface area contributed by atoms with Gasteiger partial charge >= 0.3 is 11.8 Å². The number of H-pyrrole nitrogens is 1. The molecule has 1 aliphatic rings. The van der Waals surface area contributed by atoms with Crippen LogP contribution >= 0.6 is 0 Å². The zero-order valence-electron chi connectivity index (χ0n) is 16.5. The van der Waals surface area contributed by atoms with Crippen LogP contribution in [0.25, 0.3) is 5.52 Å². The van der Waals surface area contributed by atoms with E-state index >= 15 is 0 Å². The first-order valence-electron chi connectivity index (χ1n) is 9.64. The van der Waals surface area contributed by atoms with Crippen molar-refractivity contribution in [3.63, 3.8) is 0 Å². The molecule has 0 spiro atoms. The summed E-state index contributed by atoms with van der Waals surface area (Å²) in [7, 11) is 0. The van der Waals surface area contributed by atoms with Gasteiger partial charge in [-0.05, 0) is 25.1 Å². The third-order valence-electron chi connectivity index (χ3n) is 5.28. The number of carbonyl (C=O) groups excluding carboxylic acids is 1. The average molecular weight is 391 g/mol. The molecule has 0 radical (unpaired) electrons. The molecule has 0 aliphatic carbocycles. The molecule has 1 aliphatic heterocycles. The van der Waals surface area contributed by atoms with Gasteiger partial charge < -0.3 is 14.3 Å². The third kappa shape index (κ3) is 2.81. The van der Waals surface area contributed by atoms with Crippen molar-refractivity contribution >= 4 is 11.4 Å². The second-order valence-corrected chi connectivity index (χ2v) is 7.59. The van der Waals surface area contributed by atoms with Crippen LogP contribution in [0, 0.1) is 6.92 Å². The van der Waals surface area contributed by atoms with E-state index in [0.29, 0.717) is 18.9 Å². The number of pyridine rings is 1. The number of hydrogen-bond acceptors (Lipinski definition) is 6. The van der Waals surface area contributed by atoms with Gasteiger partial charge in [-0.15, -0.1) is 10.2 Å². The molecule has 0 aromatic carbocycles. The SMILES string of the molecule is Cc1cccc2cc([C@@H]3c4nc[nH]c4CCN3C(=O)c3nnc(C(C)C)o3)nn12. The summed E-state index contributed by atoms with van der Waals surface area (Å²) in [6.07, 6.45) is 2.34. The first-order chi connectivity index (χ1) is 14.0. The number of aromatic amines is 1. The van der Waals surface area contributed by atoms with E-state index in [2.05, 4.69) is 20.2 Å². The van der Waals surface area contributed by atoms with Crippen molar-refractivity contribution in [2.75, 3.05) is 6.54 Å². The van der Waals surface area contributed by atoms with Gasteiger partial charge in [0.25, 0.3) is 0 Å². The van der Waals surface area contributed by atoms with Crippen LogP contribution in [0.5, 0.6) is 0 Å². The molecule has 0 fully saturated rings. The lowest BCUT2D eigenvalue weighted by Gasteiger charge is -2.32. The van der Waals surface area contributed by atoms with Gasteiger partial charge in [0.15, 0.2) is 0 Å². The minimum atomic E-state index is -0.425. The largest absolute Gasteiger partial charge is 0.417 e. The number of aryl methyl sites for hydroxylation is 1. The topological polar surface area (TPSA) is 105 Å². The van der Waals surface area contributed by atoms with E-state index in [1.54, 1.807) is 11.2 Å². The Balaban J connectivity index is 1.60. The van der Waals surface area contributed by atoms with Crippen LogP contribution in [-0.2, 0) is 6.42 Å². The number of nitrogens with zero attached hydrogens (tertiary/aromatic N) is 6. The highest BCUT2D eigenvalue weighted by Crippen LogP contribution is 2.34. The van der Waals surface area contributed by atoms with Crippen molar-refractivity contribution in [3.05, 3.63) is 65.1 Å². The number of amides is 1. The number of rotatable bonds is 3. The van der Waals surface area contributed by atoms with Gasteiger partial charge in [0.1, 0.15) is 6.04 Å². The summed E-state index contributed by atoms with van der Waals surface area (Å²) < 4.78 is 7.50. The predicted molar refractivity (Wildman–Crippen MR) is 103 cm³/mol. The minimum Gasteiger partial charge on any atom is -0.417 e. The van der Waals surface area contributed by atoms with Crippen molar-refractivity contribution in [3.8, 4) is 0 Å². The molecule has 1 N–H and O–H groups in total. The van der Waals surface area contributed by atoms with E-state index in [0.717, 1.165) is 28.3 Å². The lowest BCUT2D eigenvalue weighted by molar-refractivity contribution is 0.0643. The molecule has 1 amide bonds. The van der Waals surface area contributed by atoms with Crippen LogP contribution in [-0.4, -0.2) is 47.1 Å². The van der Waals surface area contributed by atoms with Crippen LogP contribution in [0.3, 0.4) is 0 Å². The Morgan fingerprint density at radius 3 is 2.93 bits per heavy atom. The van der Waals surface area contributed by atoms with Gasteiger partial charge in [-0.2, -0.15) is 5.10 Å². The lowest BCUT2D eigenvalue weighted by atomic mass is 9.99. The molecular weight excluding hydrogens is 370 g/mol. The Labute approximate surface area is 166 Å². The first kappa shape index (κ1) is 17.6. The molecule has 0 saturated heterocycles. The van der Waals surface area contributed by atoms with Crippen molar-refractivity contribution in [1.82, 2.24) is 34.7 Å². The van der Waals surface area contributed by atoms with E-state index in [1.165, 1.54) is 0 Å². The molecule has 9 nitrogen and oxygen atoms in total. The Hall–Kier alpha value is -3.49. The molecule has 9 heteroatoms. The second kappa shape index (κ2) is 6.54. The average Bonchev–Trinajstić information content (AvgIpc) is 3.44. The molecule has 1 atom stereocenters. The molecule has 4 aromatic heterocycles. The standard InChI is InChI=1S/C20H21N7O2/c1-11(2)18-23-24-19(29-18)20(28)26-8-7-14-16(22-10-21-14)17(26)15-9-13-6-4-5-12(3)27(13)25-15/h4-6,9-11,17H,7-8H2,1-3H3,(H,21,22)/t17-/m1/s1. The number of aromatic nitrogens is 6. The number of imidazole rings is 1. The molecule has 5 heterocycles. The minimum absolute atomic E-state index is 0.00219. The number of hydrogen-bond donors (Lipinski definition) is 1. The normalized spacial score (nSPS) is 16.6. The van der Waals surface area contributed by atoms with Gasteiger partial charge in [0.2, 0.25) is 5.89 Å². The van der Waals surface area contributed by atoms with Gasteiger partial charge in [-0.25, -0.2) is 9.50 Å². The summed E-state index contributed by atoms with van der Waals surface area (Å²) in [5.74, 6) is 0.195. The molecule has 0 bridgehead atoms. The quantitative estimate of drug-likeness (QED) is 0.576. The maximum atomic E-state index is 13.3. The first-order valence-corrected chi connectivity index (χ1v) is 9.64. The molecule has 148 valence electrons. The van der Waals surface area contributed by atoms with E-state index in [-0.39, 0.29) is 17.7 Å². The molecule has 0 saturated carbocycles.